The number of phenols is 1. The van der Waals surface area contributed by atoms with Crippen molar-refractivity contribution in [1.82, 2.24) is 5.32 Å². The SMILES string of the molecule is CCCC1(C(=O)Nc2cc(Cl)c(O)c(Cl)c2)CCCNC1. The van der Waals surface area contributed by atoms with Crippen molar-refractivity contribution in [2.75, 3.05) is 18.4 Å². The lowest BCUT2D eigenvalue weighted by Crippen LogP contribution is -2.48. The second-order valence-corrected chi connectivity index (χ2v) is 6.37. The van der Waals surface area contributed by atoms with Gasteiger partial charge in [-0.2, -0.15) is 0 Å². The number of rotatable bonds is 4. The number of amides is 1. The van der Waals surface area contributed by atoms with Gasteiger partial charge in [-0.15, -0.1) is 0 Å². The molecule has 1 aliphatic rings. The molecule has 1 atom stereocenters. The van der Waals surface area contributed by atoms with Gasteiger partial charge in [-0.25, -0.2) is 0 Å². The van der Waals surface area contributed by atoms with Crippen LogP contribution in [0.5, 0.6) is 5.75 Å². The first-order valence-electron chi connectivity index (χ1n) is 7.19. The van der Waals surface area contributed by atoms with Crippen LogP contribution < -0.4 is 10.6 Å². The molecule has 0 aromatic heterocycles. The van der Waals surface area contributed by atoms with Crippen molar-refractivity contribution >= 4 is 34.8 Å². The highest BCUT2D eigenvalue weighted by Crippen LogP contribution is 2.37. The maximum absolute atomic E-state index is 12.7. The zero-order valence-electron chi connectivity index (χ0n) is 12.0. The van der Waals surface area contributed by atoms with Crippen LogP contribution in [0.3, 0.4) is 0 Å². The standard InChI is InChI=1S/C15H20Cl2N2O2/c1-2-4-15(5-3-6-18-9-15)14(21)19-10-7-11(16)13(20)12(17)8-10/h7-8,18,20H,2-6,9H2,1H3,(H,19,21). The Morgan fingerprint density at radius 3 is 2.62 bits per heavy atom. The van der Waals surface area contributed by atoms with Crippen LogP contribution in [-0.2, 0) is 4.79 Å². The van der Waals surface area contributed by atoms with Crippen molar-refractivity contribution in [3.05, 3.63) is 22.2 Å². The van der Waals surface area contributed by atoms with Crippen molar-refractivity contribution in [3.63, 3.8) is 0 Å². The number of benzene rings is 1. The average Bonchev–Trinajstić information content (AvgIpc) is 2.46. The van der Waals surface area contributed by atoms with Crippen LogP contribution >= 0.6 is 23.2 Å². The van der Waals surface area contributed by atoms with Crippen LogP contribution in [-0.4, -0.2) is 24.1 Å². The van der Waals surface area contributed by atoms with Gasteiger partial charge in [0.25, 0.3) is 0 Å². The van der Waals surface area contributed by atoms with Gasteiger partial charge >= 0.3 is 0 Å². The number of carbonyl (C=O) groups is 1. The van der Waals surface area contributed by atoms with E-state index in [1.54, 1.807) is 0 Å². The Balaban J connectivity index is 2.19. The van der Waals surface area contributed by atoms with Crippen molar-refractivity contribution < 1.29 is 9.90 Å². The van der Waals surface area contributed by atoms with E-state index in [0.717, 1.165) is 32.2 Å². The van der Waals surface area contributed by atoms with Gasteiger partial charge in [0, 0.05) is 12.2 Å². The van der Waals surface area contributed by atoms with Gasteiger partial charge in [0.1, 0.15) is 0 Å². The van der Waals surface area contributed by atoms with Crippen molar-refractivity contribution in [2.45, 2.75) is 32.6 Å². The molecule has 0 spiro atoms. The van der Waals surface area contributed by atoms with Crippen LogP contribution in [0.2, 0.25) is 10.0 Å². The molecule has 1 amide bonds. The largest absolute Gasteiger partial charge is 0.505 e. The average molecular weight is 331 g/mol. The molecule has 1 fully saturated rings. The highest BCUT2D eigenvalue weighted by molar-refractivity contribution is 6.37. The van der Waals surface area contributed by atoms with Gasteiger partial charge in [-0.05, 0) is 37.9 Å². The highest BCUT2D eigenvalue weighted by Gasteiger charge is 2.38. The van der Waals surface area contributed by atoms with Crippen molar-refractivity contribution in [1.29, 1.82) is 0 Å². The molecule has 4 nitrogen and oxygen atoms in total. The van der Waals surface area contributed by atoms with E-state index in [1.165, 1.54) is 12.1 Å². The van der Waals surface area contributed by atoms with Crippen LogP contribution in [0.4, 0.5) is 5.69 Å². The van der Waals surface area contributed by atoms with E-state index in [0.29, 0.717) is 12.2 Å². The van der Waals surface area contributed by atoms with Gasteiger partial charge in [-0.3, -0.25) is 4.79 Å². The number of carbonyl (C=O) groups excluding carboxylic acids is 1. The molecule has 1 saturated heterocycles. The zero-order chi connectivity index (χ0) is 15.5. The fourth-order valence-electron chi connectivity index (χ4n) is 2.87. The molecule has 0 radical (unpaired) electrons. The van der Waals surface area contributed by atoms with E-state index < -0.39 is 0 Å². The summed E-state index contributed by atoms with van der Waals surface area (Å²) in [4.78, 5) is 12.7. The van der Waals surface area contributed by atoms with Crippen LogP contribution in [0.25, 0.3) is 0 Å². The second kappa shape index (κ2) is 6.86. The van der Waals surface area contributed by atoms with Crippen LogP contribution in [0.1, 0.15) is 32.6 Å². The number of piperidine rings is 1. The van der Waals surface area contributed by atoms with E-state index in [9.17, 15) is 9.90 Å². The number of anilines is 1. The Labute approximate surface area is 134 Å². The third kappa shape index (κ3) is 3.62. The van der Waals surface area contributed by atoms with Gasteiger partial charge < -0.3 is 15.7 Å². The maximum Gasteiger partial charge on any atom is 0.231 e. The van der Waals surface area contributed by atoms with Crippen molar-refractivity contribution in [2.24, 2.45) is 5.41 Å². The monoisotopic (exact) mass is 330 g/mol. The number of halogens is 2. The van der Waals surface area contributed by atoms with E-state index in [1.807, 2.05) is 0 Å². The van der Waals surface area contributed by atoms with Gasteiger partial charge in [-0.1, -0.05) is 36.5 Å². The molecule has 1 aliphatic heterocycles. The Morgan fingerprint density at radius 2 is 2.10 bits per heavy atom. The lowest BCUT2D eigenvalue weighted by molar-refractivity contribution is -0.127. The molecule has 0 aliphatic carbocycles. The predicted molar refractivity (Wildman–Crippen MR) is 86.2 cm³/mol. The third-order valence-electron chi connectivity index (χ3n) is 3.96. The fourth-order valence-corrected chi connectivity index (χ4v) is 3.36. The number of hydrogen-bond donors (Lipinski definition) is 3. The Kier molecular flexibility index (Phi) is 5.36. The first-order chi connectivity index (χ1) is 9.98. The van der Waals surface area contributed by atoms with Crippen LogP contribution in [0, 0.1) is 5.41 Å². The molecule has 1 aromatic rings. The molecule has 1 aromatic carbocycles. The molecular weight excluding hydrogens is 311 g/mol. The summed E-state index contributed by atoms with van der Waals surface area (Å²) >= 11 is 11.8. The zero-order valence-corrected chi connectivity index (χ0v) is 13.5. The molecule has 1 unspecified atom stereocenters. The maximum atomic E-state index is 12.7. The van der Waals surface area contributed by atoms with E-state index in [2.05, 4.69) is 17.6 Å². The lowest BCUT2D eigenvalue weighted by Gasteiger charge is -2.36. The second-order valence-electron chi connectivity index (χ2n) is 5.55. The number of nitrogens with one attached hydrogen (secondary N) is 2. The summed E-state index contributed by atoms with van der Waals surface area (Å²) in [5.74, 6) is -0.187. The summed E-state index contributed by atoms with van der Waals surface area (Å²) in [6, 6.07) is 3.02. The summed E-state index contributed by atoms with van der Waals surface area (Å²) in [7, 11) is 0. The molecule has 21 heavy (non-hydrogen) atoms. The molecule has 3 N–H and O–H groups in total. The summed E-state index contributed by atoms with van der Waals surface area (Å²) in [6.07, 6.45) is 3.65. The van der Waals surface area contributed by atoms with Gasteiger partial charge in [0.2, 0.25) is 5.91 Å². The number of aromatic hydroxyl groups is 1. The minimum atomic E-state index is -0.385. The summed E-state index contributed by atoms with van der Waals surface area (Å²) in [5.41, 5.74) is 0.123. The summed E-state index contributed by atoms with van der Waals surface area (Å²) in [5, 5.41) is 16.0. The van der Waals surface area contributed by atoms with Crippen LogP contribution in [0.15, 0.2) is 12.1 Å². The number of phenolic OH excluding ortho intramolecular Hbond substituents is 1. The molecule has 2 rings (SSSR count). The smallest absolute Gasteiger partial charge is 0.231 e. The van der Waals surface area contributed by atoms with Crippen molar-refractivity contribution in [3.8, 4) is 5.75 Å². The summed E-state index contributed by atoms with van der Waals surface area (Å²) in [6.45, 7) is 3.72. The van der Waals surface area contributed by atoms with E-state index in [-0.39, 0.29) is 27.1 Å². The third-order valence-corrected chi connectivity index (χ3v) is 4.53. The number of hydrogen-bond acceptors (Lipinski definition) is 3. The molecule has 1 heterocycles. The minimum absolute atomic E-state index is 0.0191. The normalized spacial score (nSPS) is 22.0. The molecular formula is C15H20Cl2N2O2. The lowest BCUT2D eigenvalue weighted by atomic mass is 9.76. The molecule has 0 saturated carbocycles. The molecule has 6 heteroatoms. The Bertz CT molecular complexity index is 500. The predicted octanol–water partition coefficient (Wildman–Crippen LogP) is 3.81. The quantitative estimate of drug-likeness (QED) is 0.735. The molecule has 0 bridgehead atoms. The minimum Gasteiger partial charge on any atom is -0.505 e. The van der Waals surface area contributed by atoms with Gasteiger partial charge in [0.15, 0.2) is 5.75 Å². The summed E-state index contributed by atoms with van der Waals surface area (Å²) < 4.78 is 0. The Morgan fingerprint density at radius 1 is 1.43 bits per heavy atom. The Hall–Kier alpha value is -0.970. The topological polar surface area (TPSA) is 61.4 Å². The molecule has 116 valence electrons. The fraction of sp³-hybridized carbons (Fsp3) is 0.533. The highest BCUT2D eigenvalue weighted by atomic mass is 35.5. The van der Waals surface area contributed by atoms with E-state index in [4.69, 9.17) is 23.2 Å². The van der Waals surface area contributed by atoms with Gasteiger partial charge in [0.05, 0.1) is 15.5 Å². The van der Waals surface area contributed by atoms with E-state index >= 15 is 0 Å². The first-order valence-corrected chi connectivity index (χ1v) is 7.94. The first kappa shape index (κ1) is 16.4.